The van der Waals surface area contributed by atoms with Crippen molar-refractivity contribution in [2.24, 2.45) is 0 Å². The summed E-state index contributed by atoms with van der Waals surface area (Å²) in [6.45, 7) is 7.12. The average molecular weight is 213 g/mol. The Labute approximate surface area is 88.0 Å². The minimum Gasteiger partial charge on any atom is -0.444 e. The molecule has 0 saturated carbocycles. The van der Waals surface area contributed by atoms with E-state index in [4.69, 9.17) is 9.15 Å². The SMILES string of the molecule is C[C@@H](NC(=O)OC(C)(C)C)c1nnco1. The lowest BCUT2D eigenvalue weighted by molar-refractivity contribution is 0.0501. The second-order valence-corrected chi connectivity index (χ2v) is 4.14. The molecule has 6 heteroatoms. The van der Waals surface area contributed by atoms with Crippen LogP contribution >= 0.6 is 0 Å². The first-order chi connectivity index (χ1) is 6.88. The summed E-state index contributed by atoms with van der Waals surface area (Å²) in [5.74, 6) is 0.348. The predicted molar refractivity (Wildman–Crippen MR) is 52.1 cm³/mol. The highest BCUT2D eigenvalue weighted by Gasteiger charge is 2.19. The Morgan fingerprint density at radius 3 is 2.73 bits per heavy atom. The number of carbonyl (C=O) groups is 1. The lowest BCUT2D eigenvalue weighted by atomic mass is 10.2. The van der Waals surface area contributed by atoms with Gasteiger partial charge in [-0.25, -0.2) is 4.79 Å². The van der Waals surface area contributed by atoms with Gasteiger partial charge in [0.25, 0.3) is 0 Å². The van der Waals surface area contributed by atoms with Gasteiger partial charge in [-0.2, -0.15) is 0 Å². The highest BCUT2D eigenvalue weighted by atomic mass is 16.6. The first kappa shape index (κ1) is 11.5. The molecule has 0 spiro atoms. The maximum absolute atomic E-state index is 11.3. The van der Waals surface area contributed by atoms with Crippen LogP contribution in [0.4, 0.5) is 4.79 Å². The number of ether oxygens (including phenoxy) is 1. The molecule has 0 aliphatic carbocycles. The molecular weight excluding hydrogens is 198 g/mol. The molecule has 1 N–H and O–H groups in total. The molecule has 0 saturated heterocycles. The second-order valence-electron chi connectivity index (χ2n) is 4.14. The molecule has 1 aromatic rings. The van der Waals surface area contributed by atoms with Gasteiger partial charge in [-0.3, -0.25) is 0 Å². The van der Waals surface area contributed by atoms with Crippen LogP contribution in [-0.2, 0) is 4.74 Å². The number of nitrogens with zero attached hydrogens (tertiary/aromatic N) is 2. The summed E-state index contributed by atoms with van der Waals surface area (Å²) in [4.78, 5) is 11.3. The maximum atomic E-state index is 11.3. The van der Waals surface area contributed by atoms with Crippen LogP contribution in [0.25, 0.3) is 0 Å². The number of carbonyl (C=O) groups excluding carboxylic acids is 1. The third-order valence-corrected chi connectivity index (χ3v) is 1.48. The quantitative estimate of drug-likeness (QED) is 0.808. The molecule has 1 amide bonds. The Hall–Kier alpha value is -1.59. The van der Waals surface area contributed by atoms with Gasteiger partial charge in [-0.05, 0) is 27.7 Å². The second kappa shape index (κ2) is 4.29. The topological polar surface area (TPSA) is 77.2 Å². The number of hydrogen-bond acceptors (Lipinski definition) is 5. The van der Waals surface area contributed by atoms with Crippen LogP contribution in [0.1, 0.15) is 39.6 Å². The van der Waals surface area contributed by atoms with Crippen molar-refractivity contribution in [1.29, 1.82) is 0 Å². The van der Waals surface area contributed by atoms with E-state index >= 15 is 0 Å². The van der Waals surface area contributed by atoms with Gasteiger partial charge in [0.05, 0.1) is 0 Å². The molecule has 6 nitrogen and oxygen atoms in total. The predicted octanol–water partition coefficient (Wildman–Crippen LogP) is 1.66. The van der Waals surface area contributed by atoms with Gasteiger partial charge in [-0.1, -0.05) is 0 Å². The Kier molecular flexibility index (Phi) is 3.28. The van der Waals surface area contributed by atoms with Gasteiger partial charge in [0.15, 0.2) is 0 Å². The van der Waals surface area contributed by atoms with Crippen molar-refractivity contribution in [1.82, 2.24) is 15.5 Å². The van der Waals surface area contributed by atoms with Crippen LogP contribution in [0.3, 0.4) is 0 Å². The molecule has 0 fully saturated rings. The zero-order valence-electron chi connectivity index (χ0n) is 9.27. The van der Waals surface area contributed by atoms with Gasteiger partial charge in [0.1, 0.15) is 11.6 Å². The molecule has 0 aliphatic heterocycles. The molecule has 15 heavy (non-hydrogen) atoms. The number of aromatic nitrogens is 2. The van der Waals surface area contributed by atoms with E-state index in [0.717, 1.165) is 0 Å². The summed E-state index contributed by atoms with van der Waals surface area (Å²) in [6.07, 6.45) is 0.705. The minimum absolute atomic E-state index is 0.348. The van der Waals surface area contributed by atoms with Gasteiger partial charge >= 0.3 is 6.09 Å². The highest BCUT2D eigenvalue weighted by Crippen LogP contribution is 2.11. The molecule has 84 valence electrons. The van der Waals surface area contributed by atoms with Crippen LogP contribution in [0.15, 0.2) is 10.8 Å². The van der Waals surface area contributed by atoms with E-state index in [1.165, 1.54) is 6.39 Å². The zero-order valence-corrected chi connectivity index (χ0v) is 9.27. The molecule has 1 heterocycles. The van der Waals surface area contributed by atoms with Crippen molar-refractivity contribution in [3.05, 3.63) is 12.3 Å². The summed E-state index contributed by atoms with van der Waals surface area (Å²) in [6, 6.07) is -0.359. The van der Waals surface area contributed by atoms with E-state index in [2.05, 4.69) is 15.5 Å². The third kappa shape index (κ3) is 3.97. The van der Waals surface area contributed by atoms with E-state index in [1.807, 2.05) is 0 Å². The molecule has 0 aromatic carbocycles. The van der Waals surface area contributed by atoms with E-state index in [1.54, 1.807) is 27.7 Å². The van der Waals surface area contributed by atoms with Gasteiger partial charge in [-0.15, -0.1) is 10.2 Å². The van der Waals surface area contributed by atoms with Crippen molar-refractivity contribution in [3.8, 4) is 0 Å². The van der Waals surface area contributed by atoms with Crippen molar-refractivity contribution in [2.45, 2.75) is 39.3 Å². The van der Waals surface area contributed by atoms with Gasteiger partial charge in [0.2, 0.25) is 12.3 Å². The largest absolute Gasteiger partial charge is 0.444 e. The molecule has 1 aromatic heterocycles. The van der Waals surface area contributed by atoms with Crippen molar-refractivity contribution < 1.29 is 13.9 Å². The molecule has 0 bridgehead atoms. The van der Waals surface area contributed by atoms with Crippen molar-refractivity contribution in [3.63, 3.8) is 0 Å². The lowest BCUT2D eigenvalue weighted by Gasteiger charge is -2.20. The smallest absolute Gasteiger partial charge is 0.408 e. The maximum Gasteiger partial charge on any atom is 0.408 e. The Balaban J connectivity index is 2.45. The fourth-order valence-electron chi connectivity index (χ4n) is 0.916. The molecular formula is C9H15N3O3. The average Bonchev–Trinajstić information content (AvgIpc) is 2.50. The molecule has 0 unspecified atom stereocenters. The molecule has 1 atom stereocenters. The number of hydrogen-bond donors (Lipinski definition) is 1. The van der Waals surface area contributed by atoms with Gasteiger partial charge < -0.3 is 14.5 Å². The fourth-order valence-corrected chi connectivity index (χ4v) is 0.916. The fraction of sp³-hybridized carbons (Fsp3) is 0.667. The number of rotatable bonds is 2. The number of amides is 1. The first-order valence-corrected chi connectivity index (χ1v) is 4.64. The molecule has 1 rings (SSSR count). The van der Waals surface area contributed by atoms with E-state index in [0.29, 0.717) is 5.89 Å². The van der Waals surface area contributed by atoms with Crippen molar-refractivity contribution in [2.75, 3.05) is 0 Å². The molecule has 0 radical (unpaired) electrons. The highest BCUT2D eigenvalue weighted by molar-refractivity contribution is 5.68. The van der Waals surface area contributed by atoms with E-state index in [9.17, 15) is 4.79 Å². The summed E-state index contributed by atoms with van der Waals surface area (Å²) < 4.78 is 10.0. The standard InChI is InChI=1S/C9H15N3O3/c1-6(7-12-10-5-14-7)11-8(13)15-9(2,3)4/h5-6H,1-4H3,(H,11,13)/t6-/m1/s1. The Morgan fingerprint density at radius 1 is 1.60 bits per heavy atom. The Bertz CT molecular complexity index is 316. The summed E-state index contributed by atoms with van der Waals surface area (Å²) in [5.41, 5.74) is -0.515. The minimum atomic E-state index is -0.515. The Morgan fingerprint density at radius 2 is 2.27 bits per heavy atom. The lowest BCUT2D eigenvalue weighted by Crippen LogP contribution is -2.34. The van der Waals surface area contributed by atoms with Crippen molar-refractivity contribution >= 4 is 6.09 Å². The number of nitrogens with one attached hydrogen (secondary N) is 1. The van der Waals surface area contributed by atoms with E-state index < -0.39 is 11.7 Å². The van der Waals surface area contributed by atoms with Gasteiger partial charge in [0, 0.05) is 0 Å². The first-order valence-electron chi connectivity index (χ1n) is 4.64. The normalized spacial score (nSPS) is 13.3. The number of alkyl carbamates (subject to hydrolysis) is 1. The summed E-state index contributed by atoms with van der Waals surface area (Å²) in [5, 5.41) is 9.78. The van der Waals surface area contributed by atoms with Crippen LogP contribution in [0.5, 0.6) is 0 Å². The van der Waals surface area contributed by atoms with Crippen LogP contribution < -0.4 is 5.32 Å². The summed E-state index contributed by atoms with van der Waals surface area (Å²) in [7, 11) is 0. The summed E-state index contributed by atoms with van der Waals surface area (Å²) >= 11 is 0. The monoisotopic (exact) mass is 213 g/mol. The van der Waals surface area contributed by atoms with Crippen LogP contribution in [0, 0.1) is 0 Å². The third-order valence-electron chi connectivity index (χ3n) is 1.48. The zero-order chi connectivity index (χ0) is 11.5. The van der Waals surface area contributed by atoms with Crippen LogP contribution in [-0.4, -0.2) is 21.9 Å². The van der Waals surface area contributed by atoms with E-state index in [-0.39, 0.29) is 6.04 Å². The molecule has 0 aliphatic rings. The van der Waals surface area contributed by atoms with Crippen LogP contribution in [0.2, 0.25) is 0 Å².